The lowest BCUT2D eigenvalue weighted by Gasteiger charge is -2.07. The molecule has 0 fully saturated rings. The van der Waals surface area contributed by atoms with E-state index in [-0.39, 0.29) is 11.4 Å². The van der Waals surface area contributed by atoms with Gasteiger partial charge in [-0.1, -0.05) is 11.6 Å². The van der Waals surface area contributed by atoms with E-state index in [4.69, 9.17) is 22.4 Å². The molecule has 1 aromatic heterocycles. The summed E-state index contributed by atoms with van der Waals surface area (Å²) < 4.78 is 0. The predicted octanol–water partition coefficient (Wildman–Crippen LogP) is 3.01. The number of benzene rings is 1. The molecule has 0 aliphatic rings. The first kappa shape index (κ1) is 14.6. The monoisotopic (exact) mass is 309 g/mol. The number of carboxylic acid groups (broad SMARTS) is 1. The fourth-order valence-electron chi connectivity index (χ4n) is 1.66. The summed E-state index contributed by atoms with van der Waals surface area (Å²) in [6.45, 7) is 1.61. The Bertz CT molecular complexity index is 624. The van der Waals surface area contributed by atoms with Crippen LogP contribution in [0.3, 0.4) is 0 Å². The molecule has 0 atom stereocenters. The summed E-state index contributed by atoms with van der Waals surface area (Å²) in [6.07, 6.45) is 0. The Morgan fingerprint density at radius 3 is 2.55 bits per heavy atom. The summed E-state index contributed by atoms with van der Waals surface area (Å²) in [7, 11) is 0. The van der Waals surface area contributed by atoms with Gasteiger partial charge in [0.25, 0.3) is 0 Å². The number of nitrogens with zero attached hydrogens (tertiary/aromatic N) is 2. The van der Waals surface area contributed by atoms with Crippen molar-refractivity contribution in [2.75, 3.05) is 5.73 Å². The Hall–Kier alpha value is -1.79. The number of nitrogens with two attached hydrogens (primary N) is 1. The van der Waals surface area contributed by atoms with Crippen LogP contribution in [0.25, 0.3) is 0 Å². The van der Waals surface area contributed by atoms with Crippen LogP contribution in [0.4, 0.5) is 5.82 Å². The van der Waals surface area contributed by atoms with E-state index in [0.717, 1.165) is 4.90 Å². The second kappa shape index (κ2) is 6.11. The largest absolute Gasteiger partial charge is 0.477 e. The quantitative estimate of drug-likeness (QED) is 0.844. The average molecular weight is 310 g/mol. The normalized spacial score (nSPS) is 10.5. The Balaban J connectivity index is 2.14. The highest BCUT2D eigenvalue weighted by atomic mass is 35.5. The molecule has 20 heavy (non-hydrogen) atoms. The highest BCUT2D eigenvalue weighted by Crippen LogP contribution is 2.24. The minimum atomic E-state index is -1.11. The van der Waals surface area contributed by atoms with Crippen LogP contribution in [0, 0.1) is 6.92 Å². The van der Waals surface area contributed by atoms with Crippen LogP contribution in [-0.4, -0.2) is 21.0 Å². The standard InChI is InChI=1S/C13H12ClN3O2S/c1-7-11(13(18)19)12(15)17-10(16-7)6-20-9-4-2-8(14)3-5-9/h2-5H,6H2,1H3,(H,18,19)(H2,15,16,17). The van der Waals surface area contributed by atoms with Crippen molar-refractivity contribution in [1.29, 1.82) is 0 Å². The van der Waals surface area contributed by atoms with Crippen molar-refractivity contribution in [1.82, 2.24) is 9.97 Å². The zero-order valence-corrected chi connectivity index (χ0v) is 12.2. The minimum absolute atomic E-state index is 0.00305. The van der Waals surface area contributed by atoms with E-state index in [1.54, 1.807) is 19.1 Å². The molecule has 0 aliphatic heterocycles. The lowest BCUT2D eigenvalue weighted by atomic mass is 10.2. The number of anilines is 1. The number of aromatic nitrogens is 2. The van der Waals surface area contributed by atoms with Crippen molar-refractivity contribution in [2.24, 2.45) is 0 Å². The van der Waals surface area contributed by atoms with Crippen LogP contribution in [-0.2, 0) is 5.75 Å². The van der Waals surface area contributed by atoms with Gasteiger partial charge in [-0.2, -0.15) is 0 Å². The van der Waals surface area contributed by atoms with E-state index in [0.29, 0.717) is 22.3 Å². The van der Waals surface area contributed by atoms with E-state index in [1.807, 2.05) is 12.1 Å². The maximum Gasteiger partial charge on any atom is 0.341 e. The van der Waals surface area contributed by atoms with Crippen molar-refractivity contribution in [3.8, 4) is 0 Å². The third kappa shape index (κ3) is 3.40. The minimum Gasteiger partial charge on any atom is -0.477 e. The van der Waals surface area contributed by atoms with Crippen LogP contribution in [0.1, 0.15) is 21.9 Å². The Kier molecular flexibility index (Phi) is 4.46. The fourth-order valence-corrected chi connectivity index (χ4v) is 2.54. The average Bonchev–Trinajstić information content (AvgIpc) is 2.37. The highest BCUT2D eigenvalue weighted by molar-refractivity contribution is 7.98. The van der Waals surface area contributed by atoms with Crippen molar-refractivity contribution in [3.05, 3.63) is 46.4 Å². The molecule has 0 saturated carbocycles. The lowest BCUT2D eigenvalue weighted by Crippen LogP contribution is -2.11. The summed E-state index contributed by atoms with van der Waals surface area (Å²) in [5.41, 5.74) is 5.99. The van der Waals surface area contributed by atoms with E-state index in [1.165, 1.54) is 11.8 Å². The smallest absolute Gasteiger partial charge is 0.341 e. The molecule has 0 spiro atoms. The molecule has 3 N–H and O–H groups in total. The molecule has 5 nitrogen and oxygen atoms in total. The molecule has 0 amide bonds. The maximum absolute atomic E-state index is 11.0. The molecule has 7 heteroatoms. The first-order valence-electron chi connectivity index (χ1n) is 5.72. The van der Waals surface area contributed by atoms with Gasteiger partial charge < -0.3 is 10.8 Å². The van der Waals surface area contributed by atoms with Crippen LogP contribution in [0.5, 0.6) is 0 Å². The van der Waals surface area contributed by atoms with Gasteiger partial charge in [0, 0.05) is 9.92 Å². The zero-order chi connectivity index (χ0) is 14.7. The molecule has 0 saturated heterocycles. The van der Waals surface area contributed by atoms with Crippen molar-refractivity contribution in [2.45, 2.75) is 17.6 Å². The second-order valence-corrected chi connectivity index (χ2v) is 5.52. The molecule has 2 aromatic rings. The molecule has 0 radical (unpaired) electrons. The first-order valence-corrected chi connectivity index (χ1v) is 7.08. The van der Waals surface area contributed by atoms with Gasteiger partial charge in [-0.3, -0.25) is 0 Å². The molecule has 1 heterocycles. The Labute approximate surface area is 125 Å². The number of hydrogen-bond donors (Lipinski definition) is 2. The van der Waals surface area contributed by atoms with E-state index in [9.17, 15) is 4.79 Å². The van der Waals surface area contributed by atoms with Gasteiger partial charge in [0.2, 0.25) is 0 Å². The number of aromatic carboxylic acids is 1. The molecule has 104 valence electrons. The van der Waals surface area contributed by atoms with Gasteiger partial charge >= 0.3 is 5.97 Å². The lowest BCUT2D eigenvalue weighted by molar-refractivity contribution is 0.0696. The summed E-state index contributed by atoms with van der Waals surface area (Å²) in [5, 5.41) is 9.67. The van der Waals surface area contributed by atoms with Crippen molar-refractivity contribution in [3.63, 3.8) is 0 Å². The Morgan fingerprint density at radius 1 is 1.35 bits per heavy atom. The predicted molar refractivity (Wildman–Crippen MR) is 79.2 cm³/mol. The SMILES string of the molecule is Cc1nc(CSc2ccc(Cl)cc2)nc(N)c1C(=O)O. The second-order valence-electron chi connectivity index (χ2n) is 4.03. The third-order valence-corrected chi connectivity index (χ3v) is 3.82. The molecule has 0 bridgehead atoms. The molecule has 1 aromatic carbocycles. The van der Waals surface area contributed by atoms with Gasteiger partial charge in [0.1, 0.15) is 17.2 Å². The Morgan fingerprint density at radius 2 is 2.00 bits per heavy atom. The maximum atomic E-state index is 11.0. The van der Waals surface area contributed by atoms with Gasteiger partial charge in [-0.05, 0) is 31.2 Å². The number of rotatable bonds is 4. The first-order chi connectivity index (χ1) is 9.47. The van der Waals surface area contributed by atoms with Gasteiger partial charge in [0.05, 0.1) is 11.4 Å². The van der Waals surface area contributed by atoms with E-state index >= 15 is 0 Å². The summed E-state index contributed by atoms with van der Waals surface area (Å²) >= 11 is 7.34. The van der Waals surface area contributed by atoms with E-state index in [2.05, 4.69) is 9.97 Å². The number of hydrogen-bond acceptors (Lipinski definition) is 5. The van der Waals surface area contributed by atoms with E-state index < -0.39 is 5.97 Å². The van der Waals surface area contributed by atoms with Gasteiger partial charge in [-0.25, -0.2) is 14.8 Å². The number of aryl methyl sites for hydroxylation is 1. The highest BCUT2D eigenvalue weighted by Gasteiger charge is 2.15. The fraction of sp³-hybridized carbons (Fsp3) is 0.154. The third-order valence-electron chi connectivity index (χ3n) is 2.56. The van der Waals surface area contributed by atoms with Gasteiger partial charge in [0.15, 0.2) is 0 Å². The molecule has 0 unspecified atom stereocenters. The van der Waals surface area contributed by atoms with Crippen LogP contribution >= 0.6 is 23.4 Å². The summed E-state index contributed by atoms with van der Waals surface area (Å²) in [5.74, 6) is -0.106. The molecular formula is C13H12ClN3O2S. The molecular weight excluding hydrogens is 298 g/mol. The summed E-state index contributed by atoms with van der Waals surface area (Å²) in [6, 6.07) is 7.40. The molecule has 2 rings (SSSR count). The van der Waals surface area contributed by atoms with Crippen molar-refractivity contribution >= 4 is 35.1 Å². The number of nitrogen functional groups attached to an aromatic ring is 1. The van der Waals surface area contributed by atoms with Crippen LogP contribution in [0.2, 0.25) is 5.02 Å². The zero-order valence-electron chi connectivity index (χ0n) is 10.6. The van der Waals surface area contributed by atoms with Crippen molar-refractivity contribution < 1.29 is 9.90 Å². The number of thioether (sulfide) groups is 1. The number of carboxylic acids is 1. The van der Waals surface area contributed by atoms with Crippen LogP contribution < -0.4 is 5.73 Å². The molecule has 0 aliphatic carbocycles. The topological polar surface area (TPSA) is 89.1 Å². The number of carbonyl (C=O) groups is 1. The van der Waals surface area contributed by atoms with Gasteiger partial charge in [-0.15, -0.1) is 11.8 Å². The number of halogens is 1. The summed E-state index contributed by atoms with van der Waals surface area (Å²) in [4.78, 5) is 20.2. The van der Waals surface area contributed by atoms with Crippen LogP contribution in [0.15, 0.2) is 29.2 Å².